The molecule has 18 heavy (non-hydrogen) atoms. The third kappa shape index (κ3) is 2.76. The molecular weight excluding hydrogens is 381 g/mol. The van der Waals surface area contributed by atoms with Gasteiger partial charge in [0.2, 0.25) is 0 Å². The third-order valence-electron chi connectivity index (χ3n) is 2.41. The number of anilines is 1. The second-order valence-corrected chi connectivity index (χ2v) is 5.84. The van der Waals surface area contributed by atoms with Gasteiger partial charge in [0, 0.05) is 30.8 Å². The molecule has 0 bridgehead atoms. The van der Waals surface area contributed by atoms with Crippen LogP contribution in [0.1, 0.15) is 15.9 Å². The number of ketones is 1. The smallest absolute Gasteiger partial charge is 0.195 e. The van der Waals surface area contributed by atoms with Gasteiger partial charge in [0.05, 0.1) is 0 Å². The molecule has 0 unspecified atom stereocenters. The first-order chi connectivity index (χ1) is 8.49. The maximum atomic E-state index is 12.4. The predicted molar refractivity (Wildman–Crippen MR) is 81.1 cm³/mol. The van der Waals surface area contributed by atoms with Crippen LogP contribution in [0.2, 0.25) is 5.02 Å². The number of nitrogen functional groups attached to an aromatic ring is 1. The van der Waals surface area contributed by atoms with E-state index >= 15 is 0 Å². The van der Waals surface area contributed by atoms with Crippen LogP contribution in [0.25, 0.3) is 0 Å². The fraction of sp³-hybridized carbons (Fsp3) is 0. The standard InChI is InChI=1S/C13H8Br2ClNO/c14-11-4-1-7(16)5-10(11)13(18)9-3-2-8(17)6-12(9)15/h1-6H,17H2. The minimum atomic E-state index is -0.115. The summed E-state index contributed by atoms with van der Waals surface area (Å²) in [5.41, 5.74) is 7.32. The largest absolute Gasteiger partial charge is 0.399 e. The van der Waals surface area contributed by atoms with Crippen LogP contribution in [0.5, 0.6) is 0 Å². The van der Waals surface area contributed by atoms with Crippen molar-refractivity contribution in [1.82, 2.24) is 0 Å². The molecule has 0 aliphatic heterocycles. The zero-order valence-corrected chi connectivity index (χ0v) is 13.0. The summed E-state index contributed by atoms with van der Waals surface area (Å²) >= 11 is 12.6. The molecule has 0 aliphatic rings. The minimum Gasteiger partial charge on any atom is -0.399 e. The molecule has 92 valence electrons. The van der Waals surface area contributed by atoms with Crippen LogP contribution in [0.3, 0.4) is 0 Å². The Morgan fingerprint density at radius 2 is 1.72 bits per heavy atom. The summed E-state index contributed by atoms with van der Waals surface area (Å²) in [6.45, 7) is 0. The first-order valence-corrected chi connectivity index (χ1v) is 7.00. The lowest BCUT2D eigenvalue weighted by Gasteiger charge is -2.07. The molecule has 0 heterocycles. The van der Waals surface area contributed by atoms with Gasteiger partial charge in [0.25, 0.3) is 0 Å². The number of hydrogen-bond acceptors (Lipinski definition) is 2. The van der Waals surface area contributed by atoms with Crippen LogP contribution in [-0.4, -0.2) is 5.78 Å². The first kappa shape index (κ1) is 13.6. The van der Waals surface area contributed by atoms with E-state index < -0.39 is 0 Å². The summed E-state index contributed by atoms with van der Waals surface area (Å²) in [4.78, 5) is 12.4. The molecule has 2 rings (SSSR count). The van der Waals surface area contributed by atoms with Gasteiger partial charge in [-0.2, -0.15) is 0 Å². The number of halogens is 3. The molecule has 0 spiro atoms. The molecule has 2 aromatic rings. The number of benzene rings is 2. The Hall–Kier alpha value is -0.840. The van der Waals surface area contributed by atoms with Crippen molar-refractivity contribution in [3.63, 3.8) is 0 Å². The third-order valence-corrected chi connectivity index (χ3v) is 3.99. The van der Waals surface area contributed by atoms with Crippen molar-refractivity contribution >= 4 is 54.9 Å². The van der Waals surface area contributed by atoms with E-state index in [0.29, 0.717) is 30.8 Å². The first-order valence-electron chi connectivity index (χ1n) is 5.04. The number of rotatable bonds is 2. The van der Waals surface area contributed by atoms with Gasteiger partial charge in [0.1, 0.15) is 0 Å². The Labute approximate surface area is 126 Å². The van der Waals surface area contributed by atoms with Gasteiger partial charge >= 0.3 is 0 Å². The highest BCUT2D eigenvalue weighted by molar-refractivity contribution is 9.11. The Balaban J connectivity index is 2.51. The Bertz CT molecular complexity index is 628. The lowest BCUT2D eigenvalue weighted by atomic mass is 10.0. The van der Waals surface area contributed by atoms with E-state index in [1.54, 1.807) is 36.4 Å². The van der Waals surface area contributed by atoms with Gasteiger partial charge in [-0.15, -0.1) is 0 Å². The number of carbonyl (C=O) groups excluding carboxylic acids is 1. The zero-order chi connectivity index (χ0) is 13.3. The molecular formula is C13H8Br2ClNO. The second kappa shape index (κ2) is 5.43. The van der Waals surface area contributed by atoms with Gasteiger partial charge in [-0.1, -0.05) is 27.5 Å². The van der Waals surface area contributed by atoms with Crippen molar-refractivity contribution in [2.75, 3.05) is 5.73 Å². The van der Waals surface area contributed by atoms with E-state index in [9.17, 15) is 4.79 Å². The quantitative estimate of drug-likeness (QED) is 0.599. The SMILES string of the molecule is Nc1ccc(C(=O)c2cc(Cl)ccc2Br)c(Br)c1. The Morgan fingerprint density at radius 3 is 2.39 bits per heavy atom. The molecule has 2 nitrogen and oxygen atoms in total. The van der Waals surface area contributed by atoms with Crippen molar-refractivity contribution in [2.24, 2.45) is 0 Å². The predicted octanol–water partition coefficient (Wildman–Crippen LogP) is 4.68. The van der Waals surface area contributed by atoms with Gasteiger partial charge in [-0.05, 0) is 52.3 Å². The highest BCUT2D eigenvalue weighted by atomic mass is 79.9. The monoisotopic (exact) mass is 387 g/mol. The van der Waals surface area contributed by atoms with Gasteiger partial charge in [-0.3, -0.25) is 4.79 Å². The summed E-state index contributed by atoms with van der Waals surface area (Å²) < 4.78 is 1.38. The van der Waals surface area contributed by atoms with Crippen LogP contribution >= 0.6 is 43.5 Å². The maximum Gasteiger partial charge on any atom is 0.195 e. The van der Waals surface area contributed by atoms with E-state index in [-0.39, 0.29) is 5.78 Å². The van der Waals surface area contributed by atoms with Crippen molar-refractivity contribution in [3.05, 3.63) is 61.5 Å². The summed E-state index contributed by atoms with van der Waals surface area (Å²) in [6, 6.07) is 10.2. The highest BCUT2D eigenvalue weighted by Gasteiger charge is 2.15. The van der Waals surface area contributed by atoms with Crippen molar-refractivity contribution in [1.29, 1.82) is 0 Å². The highest BCUT2D eigenvalue weighted by Crippen LogP contribution is 2.27. The summed E-state index contributed by atoms with van der Waals surface area (Å²) in [5, 5.41) is 0.521. The van der Waals surface area contributed by atoms with Gasteiger partial charge in [0.15, 0.2) is 5.78 Å². The average Bonchev–Trinajstić information content (AvgIpc) is 2.31. The maximum absolute atomic E-state index is 12.4. The summed E-state index contributed by atoms with van der Waals surface area (Å²) in [5.74, 6) is -0.115. The molecule has 0 aliphatic carbocycles. The zero-order valence-electron chi connectivity index (χ0n) is 9.08. The van der Waals surface area contributed by atoms with E-state index in [2.05, 4.69) is 31.9 Å². The number of hydrogen-bond donors (Lipinski definition) is 1. The van der Waals surface area contributed by atoms with Crippen LogP contribution in [0.15, 0.2) is 45.3 Å². The van der Waals surface area contributed by atoms with E-state index in [0.717, 1.165) is 0 Å². The molecule has 0 aromatic heterocycles. The van der Waals surface area contributed by atoms with Crippen LogP contribution in [0, 0.1) is 0 Å². The lowest BCUT2D eigenvalue weighted by molar-refractivity contribution is 0.103. The number of carbonyl (C=O) groups is 1. The topological polar surface area (TPSA) is 43.1 Å². The molecule has 0 atom stereocenters. The fourth-order valence-corrected chi connectivity index (χ4v) is 2.71. The summed E-state index contributed by atoms with van der Waals surface area (Å²) in [7, 11) is 0. The fourth-order valence-electron chi connectivity index (χ4n) is 1.53. The van der Waals surface area contributed by atoms with Gasteiger partial charge in [-0.25, -0.2) is 0 Å². The summed E-state index contributed by atoms with van der Waals surface area (Å²) in [6.07, 6.45) is 0. The minimum absolute atomic E-state index is 0.115. The second-order valence-electron chi connectivity index (χ2n) is 3.69. The van der Waals surface area contributed by atoms with E-state index in [4.69, 9.17) is 17.3 Å². The molecule has 0 saturated heterocycles. The molecule has 0 fully saturated rings. The number of nitrogens with two attached hydrogens (primary N) is 1. The normalized spacial score (nSPS) is 10.4. The average molecular weight is 389 g/mol. The van der Waals surface area contributed by atoms with Crippen LogP contribution in [-0.2, 0) is 0 Å². The van der Waals surface area contributed by atoms with Crippen molar-refractivity contribution < 1.29 is 4.79 Å². The van der Waals surface area contributed by atoms with E-state index in [1.807, 2.05) is 0 Å². The molecule has 2 aromatic carbocycles. The molecule has 0 saturated carbocycles. The molecule has 5 heteroatoms. The molecule has 2 N–H and O–H groups in total. The van der Waals surface area contributed by atoms with Crippen molar-refractivity contribution in [2.45, 2.75) is 0 Å². The van der Waals surface area contributed by atoms with Crippen LogP contribution in [0.4, 0.5) is 5.69 Å². The molecule has 0 amide bonds. The van der Waals surface area contributed by atoms with Gasteiger partial charge < -0.3 is 5.73 Å². The lowest BCUT2D eigenvalue weighted by Crippen LogP contribution is -2.04. The van der Waals surface area contributed by atoms with E-state index in [1.165, 1.54) is 0 Å². The van der Waals surface area contributed by atoms with Crippen molar-refractivity contribution in [3.8, 4) is 0 Å². The Morgan fingerprint density at radius 1 is 1.00 bits per heavy atom. The molecule has 0 radical (unpaired) electrons. The Kier molecular flexibility index (Phi) is 4.10. The van der Waals surface area contributed by atoms with Crippen LogP contribution < -0.4 is 5.73 Å².